The van der Waals surface area contributed by atoms with Crippen molar-refractivity contribution in [3.8, 4) is 0 Å². The van der Waals surface area contributed by atoms with E-state index in [0.717, 1.165) is 13.1 Å². The number of carbonyl (C=O) groups is 1. The summed E-state index contributed by atoms with van der Waals surface area (Å²) >= 11 is 0. The number of imidazole rings is 1. The fourth-order valence-electron chi connectivity index (χ4n) is 1.46. The van der Waals surface area contributed by atoms with Crippen molar-refractivity contribution in [2.75, 3.05) is 46.7 Å². The number of hydrogen-bond acceptors (Lipinski definition) is 6. The second kappa shape index (κ2) is 6.97. The highest BCUT2D eigenvalue weighted by Gasteiger charge is 2.15. The Hall–Kier alpha value is -1.60. The summed E-state index contributed by atoms with van der Waals surface area (Å²) in [6.45, 7) is 2.98. The quantitative estimate of drug-likeness (QED) is 0.682. The van der Waals surface area contributed by atoms with Gasteiger partial charge in [0.05, 0.1) is 20.0 Å². The molecule has 0 unspecified atom stereocenters. The summed E-state index contributed by atoms with van der Waals surface area (Å²) < 4.78 is 11.3. The number of ether oxygens (including phenoxy) is 2. The van der Waals surface area contributed by atoms with Crippen molar-refractivity contribution in [2.45, 2.75) is 6.54 Å². The first kappa shape index (κ1) is 14.5. The molecule has 0 fully saturated rings. The summed E-state index contributed by atoms with van der Waals surface area (Å²) in [6.07, 6.45) is 1.55. The van der Waals surface area contributed by atoms with Gasteiger partial charge in [0.15, 0.2) is 5.69 Å². The van der Waals surface area contributed by atoms with Gasteiger partial charge in [-0.15, -0.1) is 0 Å². The number of hydrogen-bond donors (Lipinski definition) is 1. The van der Waals surface area contributed by atoms with Crippen LogP contribution < -0.4 is 5.73 Å². The molecule has 1 rings (SSSR count). The molecular formula is C11H20N4O3. The van der Waals surface area contributed by atoms with Crippen LogP contribution in [0.2, 0.25) is 0 Å². The molecule has 0 saturated carbocycles. The Morgan fingerprint density at radius 2 is 2.22 bits per heavy atom. The third-order valence-corrected chi connectivity index (χ3v) is 2.66. The molecule has 0 radical (unpaired) electrons. The zero-order valence-corrected chi connectivity index (χ0v) is 11.0. The van der Waals surface area contributed by atoms with Crippen LogP contribution in [0.5, 0.6) is 0 Å². The van der Waals surface area contributed by atoms with E-state index < -0.39 is 5.97 Å². The van der Waals surface area contributed by atoms with Gasteiger partial charge in [-0.1, -0.05) is 0 Å². The van der Waals surface area contributed by atoms with E-state index in [1.807, 2.05) is 7.05 Å². The molecule has 1 aromatic rings. The molecule has 1 aromatic heterocycles. The largest absolute Gasteiger partial charge is 0.464 e. The SMILES string of the molecule is COCCN(C)CCn1cnc(C(=O)OC)c1N. The Labute approximate surface area is 106 Å². The number of rotatable bonds is 7. The Morgan fingerprint density at radius 1 is 1.50 bits per heavy atom. The molecule has 0 aliphatic heterocycles. The maximum Gasteiger partial charge on any atom is 0.360 e. The van der Waals surface area contributed by atoms with Crippen molar-refractivity contribution in [3.05, 3.63) is 12.0 Å². The molecule has 0 spiro atoms. The average molecular weight is 256 g/mol. The number of aromatic nitrogens is 2. The summed E-state index contributed by atoms with van der Waals surface area (Å²) in [5.41, 5.74) is 5.99. The molecule has 0 saturated heterocycles. The van der Waals surface area contributed by atoms with E-state index in [0.29, 0.717) is 19.0 Å². The number of esters is 1. The summed E-state index contributed by atoms with van der Waals surface area (Å²) in [5.74, 6) is -0.180. The maximum atomic E-state index is 11.3. The van der Waals surface area contributed by atoms with E-state index in [1.54, 1.807) is 18.0 Å². The Morgan fingerprint density at radius 3 is 2.83 bits per heavy atom. The number of carbonyl (C=O) groups excluding carboxylic acids is 1. The van der Waals surface area contributed by atoms with Gasteiger partial charge in [0.1, 0.15) is 5.82 Å². The van der Waals surface area contributed by atoms with Gasteiger partial charge in [-0.05, 0) is 7.05 Å². The van der Waals surface area contributed by atoms with Crippen molar-refractivity contribution in [3.63, 3.8) is 0 Å². The molecule has 0 aliphatic rings. The molecule has 7 nitrogen and oxygen atoms in total. The topological polar surface area (TPSA) is 82.6 Å². The summed E-state index contributed by atoms with van der Waals surface area (Å²) in [5, 5.41) is 0. The predicted molar refractivity (Wildman–Crippen MR) is 67.4 cm³/mol. The second-order valence-corrected chi connectivity index (χ2v) is 3.96. The molecule has 0 amide bonds. The summed E-state index contributed by atoms with van der Waals surface area (Å²) in [6, 6.07) is 0. The van der Waals surface area contributed by atoms with Crippen molar-refractivity contribution in [1.29, 1.82) is 0 Å². The molecule has 2 N–H and O–H groups in total. The average Bonchev–Trinajstić information content (AvgIpc) is 2.74. The number of nitrogens with zero attached hydrogens (tertiary/aromatic N) is 3. The standard InChI is InChI=1S/C11H20N4O3/c1-14(6-7-17-2)4-5-15-8-13-9(10(15)12)11(16)18-3/h8H,4-7,12H2,1-3H3. The normalized spacial score (nSPS) is 10.9. The lowest BCUT2D eigenvalue weighted by atomic mass is 10.4. The van der Waals surface area contributed by atoms with Gasteiger partial charge in [-0.3, -0.25) is 0 Å². The van der Waals surface area contributed by atoms with Crippen molar-refractivity contribution < 1.29 is 14.3 Å². The number of methoxy groups -OCH3 is 2. The zero-order chi connectivity index (χ0) is 13.5. The van der Waals surface area contributed by atoms with E-state index in [-0.39, 0.29) is 5.69 Å². The molecule has 0 bridgehead atoms. The highest BCUT2D eigenvalue weighted by Crippen LogP contribution is 2.10. The van der Waals surface area contributed by atoms with Crippen LogP contribution >= 0.6 is 0 Å². The first-order valence-corrected chi connectivity index (χ1v) is 5.66. The van der Waals surface area contributed by atoms with E-state index in [2.05, 4.69) is 14.6 Å². The third kappa shape index (κ3) is 3.71. The number of nitrogen functional groups attached to an aromatic ring is 1. The van der Waals surface area contributed by atoms with Gasteiger partial charge in [0.25, 0.3) is 0 Å². The van der Waals surface area contributed by atoms with Crippen LogP contribution in [0.1, 0.15) is 10.5 Å². The Kier molecular flexibility index (Phi) is 5.60. The predicted octanol–water partition coefficient (Wildman–Crippen LogP) is -0.170. The van der Waals surface area contributed by atoms with Crippen LogP contribution in [0.15, 0.2) is 6.33 Å². The fraction of sp³-hybridized carbons (Fsp3) is 0.636. The molecule has 18 heavy (non-hydrogen) atoms. The Bertz CT molecular complexity index is 392. The van der Waals surface area contributed by atoms with Crippen molar-refractivity contribution >= 4 is 11.8 Å². The van der Waals surface area contributed by atoms with Crippen molar-refractivity contribution in [1.82, 2.24) is 14.5 Å². The van der Waals surface area contributed by atoms with Crippen LogP contribution in [-0.2, 0) is 16.0 Å². The number of likely N-dealkylation sites (N-methyl/N-ethyl adjacent to an activating group) is 1. The van der Waals surface area contributed by atoms with Crippen LogP contribution in [0, 0.1) is 0 Å². The third-order valence-electron chi connectivity index (χ3n) is 2.66. The molecule has 0 atom stereocenters. The minimum Gasteiger partial charge on any atom is -0.464 e. The van der Waals surface area contributed by atoms with E-state index in [1.165, 1.54) is 7.11 Å². The van der Waals surface area contributed by atoms with Gasteiger partial charge in [0, 0.05) is 26.7 Å². The second-order valence-electron chi connectivity index (χ2n) is 3.96. The zero-order valence-electron chi connectivity index (χ0n) is 11.0. The number of nitrogens with two attached hydrogens (primary N) is 1. The first-order valence-electron chi connectivity index (χ1n) is 5.66. The molecule has 102 valence electrons. The lowest BCUT2D eigenvalue weighted by Crippen LogP contribution is -2.27. The monoisotopic (exact) mass is 256 g/mol. The van der Waals surface area contributed by atoms with E-state index in [9.17, 15) is 4.79 Å². The molecule has 0 aliphatic carbocycles. The Balaban J connectivity index is 2.53. The maximum absolute atomic E-state index is 11.3. The minimum absolute atomic E-state index is 0.164. The van der Waals surface area contributed by atoms with E-state index in [4.69, 9.17) is 10.5 Å². The van der Waals surface area contributed by atoms with Gasteiger partial charge in [-0.25, -0.2) is 9.78 Å². The number of anilines is 1. The van der Waals surface area contributed by atoms with Gasteiger partial charge in [0.2, 0.25) is 0 Å². The molecule has 0 aromatic carbocycles. The van der Waals surface area contributed by atoms with Crippen molar-refractivity contribution in [2.24, 2.45) is 0 Å². The van der Waals surface area contributed by atoms with Crippen LogP contribution in [0.25, 0.3) is 0 Å². The smallest absolute Gasteiger partial charge is 0.360 e. The summed E-state index contributed by atoms with van der Waals surface area (Å²) in [7, 11) is 4.97. The first-order chi connectivity index (χ1) is 8.60. The lowest BCUT2D eigenvalue weighted by molar-refractivity contribution is 0.0596. The lowest BCUT2D eigenvalue weighted by Gasteiger charge is -2.16. The molecular weight excluding hydrogens is 236 g/mol. The van der Waals surface area contributed by atoms with Crippen LogP contribution in [0.3, 0.4) is 0 Å². The summed E-state index contributed by atoms with van der Waals surface area (Å²) in [4.78, 5) is 17.4. The highest BCUT2D eigenvalue weighted by molar-refractivity contribution is 5.91. The van der Waals surface area contributed by atoms with Gasteiger partial charge < -0.3 is 24.7 Å². The van der Waals surface area contributed by atoms with Crippen LogP contribution in [-0.4, -0.2) is 61.4 Å². The fourth-order valence-corrected chi connectivity index (χ4v) is 1.46. The molecule has 7 heteroatoms. The molecule has 1 heterocycles. The highest BCUT2D eigenvalue weighted by atomic mass is 16.5. The minimum atomic E-state index is -0.515. The van der Waals surface area contributed by atoms with E-state index >= 15 is 0 Å². The van der Waals surface area contributed by atoms with Gasteiger partial charge >= 0.3 is 5.97 Å². The van der Waals surface area contributed by atoms with Crippen LogP contribution in [0.4, 0.5) is 5.82 Å². The van der Waals surface area contributed by atoms with Gasteiger partial charge in [-0.2, -0.15) is 0 Å².